The van der Waals surface area contributed by atoms with Gasteiger partial charge in [-0.1, -0.05) is 44.2 Å². The Morgan fingerprint density at radius 3 is 2.29 bits per heavy atom. The molecule has 0 N–H and O–H groups in total. The highest BCUT2D eigenvalue weighted by Gasteiger charge is 2.16. The first kappa shape index (κ1) is 22.3. The van der Waals surface area contributed by atoms with Gasteiger partial charge in [-0.05, 0) is 42.7 Å². The van der Waals surface area contributed by atoms with Crippen LogP contribution in [0.4, 0.5) is 0 Å². The van der Waals surface area contributed by atoms with Crippen LogP contribution < -0.4 is 4.18 Å². The van der Waals surface area contributed by atoms with Crippen LogP contribution in [0.2, 0.25) is 0 Å². The average molecular weight is 422 g/mol. The molecule has 0 aliphatic rings. The summed E-state index contributed by atoms with van der Waals surface area (Å²) in [5.41, 5.74) is 0.931. The second-order valence-corrected chi connectivity index (χ2v) is 9.75. The SMILES string of the molecule is CCS(=O)(=O)Oc1ccc(CN(CC(C)C)C(=O)CSc2ccccc2)cc1. The molecule has 0 saturated heterocycles. The fourth-order valence-electron chi connectivity index (χ4n) is 2.52. The Morgan fingerprint density at radius 1 is 1.07 bits per heavy atom. The highest BCUT2D eigenvalue weighted by atomic mass is 32.2. The first-order valence-corrected chi connectivity index (χ1v) is 11.8. The van der Waals surface area contributed by atoms with Gasteiger partial charge in [0.2, 0.25) is 5.91 Å². The fraction of sp³-hybridized carbons (Fsp3) is 0.381. The second kappa shape index (κ2) is 10.5. The summed E-state index contributed by atoms with van der Waals surface area (Å²) < 4.78 is 28.1. The quantitative estimate of drug-likeness (QED) is 0.425. The summed E-state index contributed by atoms with van der Waals surface area (Å²) in [5.74, 6) is 1.02. The molecule has 0 bridgehead atoms. The third-order valence-electron chi connectivity index (χ3n) is 3.92. The predicted octanol–water partition coefficient (Wildman–Crippen LogP) is 4.19. The molecule has 0 aliphatic heterocycles. The molecule has 7 heteroatoms. The van der Waals surface area contributed by atoms with Gasteiger partial charge in [0.25, 0.3) is 0 Å². The molecule has 0 radical (unpaired) electrons. The Bertz CT molecular complexity index is 850. The van der Waals surface area contributed by atoms with E-state index in [-0.39, 0.29) is 17.4 Å². The summed E-state index contributed by atoms with van der Waals surface area (Å²) in [6.07, 6.45) is 0. The van der Waals surface area contributed by atoms with E-state index in [1.165, 1.54) is 18.7 Å². The van der Waals surface area contributed by atoms with Crippen molar-refractivity contribution in [3.05, 3.63) is 60.2 Å². The summed E-state index contributed by atoms with van der Waals surface area (Å²) in [5, 5.41) is 0. The standard InChI is InChI=1S/C21H27NO4S2/c1-4-28(24,25)26-19-12-10-18(11-13-19)15-22(14-17(2)3)21(23)16-27-20-8-6-5-7-9-20/h5-13,17H,4,14-16H2,1-3H3. The van der Waals surface area contributed by atoms with Crippen LogP contribution in [0.15, 0.2) is 59.5 Å². The maximum Gasteiger partial charge on any atom is 0.308 e. The minimum atomic E-state index is -3.54. The largest absolute Gasteiger partial charge is 0.382 e. The van der Waals surface area contributed by atoms with E-state index < -0.39 is 10.1 Å². The Kier molecular flexibility index (Phi) is 8.38. The van der Waals surface area contributed by atoms with Gasteiger partial charge >= 0.3 is 10.1 Å². The first-order valence-electron chi connectivity index (χ1n) is 9.25. The van der Waals surface area contributed by atoms with Crippen LogP contribution in [-0.2, 0) is 21.5 Å². The molecule has 0 aromatic heterocycles. The molecule has 0 aliphatic carbocycles. The first-order chi connectivity index (χ1) is 13.3. The van der Waals surface area contributed by atoms with E-state index in [1.54, 1.807) is 24.3 Å². The summed E-state index contributed by atoms with van der Waals surface area (Å²) in [7, 11) is -3.54. The molecule has 2 aromatic carbocycles. The molecule has 2 aromatic rings. The summed E-state index contributed by atoms with van der Waals surface area (Å²) in [4.78, 5) is 15.7. The minimum absolute atomic E-state index is 0.0789. The normalized spacial score (nSPS) is 11.4. The number of thioether (sulfide) groups is 1. The lowest BCUT2D eigenvalue weighted by Crippen LogP contribution is -2.35. The van der Waals surface area contributed by atoms with Gasteiger partial charge in [-0.2, -0.15) is 8.42 Å². The van der Waals surface area contributed by atoms with E-state index in [4.69, 9.17) is 4.18 Å². The molecule has 28 heavy (non-hydrogen) atoms. The van der Waals surface area contributed by atoms with E-state index in [1.807, 2.05) is 35.2 Å². The van der Waals surface area contributed by atoms with Crippen molar-refractivity contribution in [3.63, 3.8) is 0 Å². The number of carbonyl (C=O) groups is 1. The molecule has 1 amide bonds. The zero-order chi connectivity index (χ0) is 20.6. The van der Waals surface area contributed by atoms with E-state index in [2.05, 4.69) is 13.8 Å². The van der Waals surface area contributed by atoms with Crippen molar-refractivity contribution in [1.29, 1.82) is 0 Å². The summed E-state index contributed by atoms with van der Waals surface area (Å²) in [6.45, 7) is 6.84. The molecule has 0 heterocycles. The van der Waals surface area contributed by atoms with Crippen LogP contribution in [0.25, 0.3) is 0 Å². The zero-order valence-corrected chi connectivity index (χ0v) is 18.1. The Labute approximate surface area is 172 Å². The number of benzene rings is 2. The third-order valence-corrected chi connectivity index (χ3v) is 6.07. The number of nitrogens with zero attached hydrogens (tertiary/aromatic N) is 1. The molecule has 152 valence electrons. The van der Waals surface area contributed by atoms with Crippen molar-refractivity contribution in [3.8, 4) is 5.75 Å². The third kappa shape index (κ3) is 7.56. The van der Waals surface area contributed by atoms with Gasteiger partial charge in [-0.15, -0.1) is 11.8 Å². The lowest BCUT2D eigenvalue weighted by molar-refractivity contribution is -0.129. The maximum absolute atomic E-state index is 12.8. The van der Waals surface area contributed by atoms with E-state index in [9.17, 15) is 13.2 Å². The van der Waals surface area contributed by atoms with Crippen LogP contribution in [0.3, 0.4) is 0 Å². The highest BCUT2D eigenvalue weighted by Crippen LogP contribution is 2.20. The lowest BCUT2D eigenvalue weighted by atomic mass is 10.1. The molecule has 0 unspecified atom stereocenters. The van der Waals surface area contributed by atoms with Gasteiger partial charge in [0, 0.05) is 18.0 Å². The van der Waals surface area contributed by atoms with E-state index >= 15 is 0 Å². The molecular formula is C21H27NO4S2. The van der Waals surface area contributed by atoms with Crippen LogP contribution in [0.5, 0.6) is 5.75 Å². The Hall–Kier alpha value is -1.99. The van der Waals surface area contributed by atoms with Crippen LogP contribution in [-0.4, -0.2) is 37.3 Å². The molecule has 0 atom stereocenters. The predicted molar refractivity (Wildman–Crippen MR) is 114 cm³/mol. The van der Waals surface area contributed by atoms with Gasteiger partial charge in [-0.25, -0.2) is 0 Å². The summed E-state index contributed by atoms with van der Waals surface area (Å²) in [6, 6.07) is 16.7. The number of hydrogen-bond donors (Lipinski definition) is 0. The zero-order valence-electron chi connectivity index (χ0n) is 16.5. The van der Waals surface area contributed by atoms with Crippen molar-refractivity contribution in [2.45, 2.75) is 32.2 Å². The Balaban J connectivity index is 2.01. The minimum Gasteiger partial charge on any atom is -0.382 e. The molecule has 5 nitrogen and oxygen atoms in total. The number of carbonyl (C=O) groups excluding carboxylic acids is 1. The molecule has 0 saturated carbocycles. The summed E-state index contributed by atoms with van der Waals surface area (Å²) >= 11 is 1.53. The lowest BCUT2D eigenvalue weighted by Gasteiger charge is -2.25. The molecule has 0 spiro atoms. The van der Waals surface area contributed by atoms with Crippen LogP contribution >= 0.6 is 11.8 Å². The van der Waals surface area contributed by atoms with Crippen molar-refractivity contribution < 1.29 is 17.4 Å². The second-order valence-electron chi connectivity index (χ2n) is 6.84. The van der Waals surface area contributed by atoms with Gasteiger partial charge in [0.1, 0.15) is 5.75 Å². The van der Waals surface area contributed by atoms with Gasteiger partial charge in [0.15, 0.2) is 0 Å². The van der Waals surface area contributed by atoms with Gasteiger partial charge in [0.05, 0.1) is 11.5 Å². The monoisotopic (exact) mass is 421 g/mol. The Morgan fingerprint density at radius 2 is 1.71 bits per heavy atom. The fourth-order valence-corrected chi connectivity index (χ4v) is 3.87. The number of amides is 1. The van der Waals surface area contributed by atoms with Crippen molar-refractivity contribution in [2.24, 2.45) is 5.92 Å². The highest BCUT2D eigenvalue weighted by molar-refractivity contribution is 8.00. The van der Waals surface area contributed by atoms with Gasteiger partial charge < -0.3 is 9.08 Å². The van der Waals surface area contributed by atoms with E-state index in [0.29, 0.717) is 24.8 Å². The number of hydrogen-bond acceptors (Lipinski definition) is 5. The van der Waals surface area contributed by atoms with Crippen molar-refractivity contribution in [2.75, 3.05) is 18.1 Å². The molecule has 0 fully saturated rings. The van der Waals surface area contributed by atoms with E-state index in [0.717, 1.165) is 10.5 Å². The van der Waals surface area contributed by atoms with Crippen molar-refractivity contribution >= 4 is 27.8 Å². The maximum atomic E-state index is 12.8. The molecular weight excluding hydrogens is 394 g/mol. The smallest absolute Gasteiger partial charge is 0.308 e. The molecule has 2 rings (SSSR count). The van der Waals surface area contributed by atoms with Crippen LogP contribution in [0.1, 0.15) is 26.3 Å². The number of rotatable bonds is 10. The van der Waals surface area contributed by atoms with Gasteiger partial charge in [-0.3, -0.25) is 4.79 Å². The van der Waals surface area contributed by atoms with Crippen LogP contribution in [0, 0.1) is 5.92 Å². The topological polar surface area (TPSA) is 63.7 Å². The van der Waals surface area contributed by atoms with Crippen molar-refractivity contribution in [1.82, 2.24) is 4.90 Å². The average Bonchev–Trinajstić information content (AvgIpc) is 2.67.